The lowest BCUT2D eigenvalue weighted by Crippen LogP contribution is -1.80. The molecule has 0 aliphatic carbocycles. The largest absolute Gasteiger partial charge is 0.361 e. The SMILES string of the molecule is O=[C]CCc1ccno1. The summed E-state index contributed by atoms with van der Waals surface area (Å²) in [6.07, 6.45) is 4.31. The zero-order chi connectivity index (χ0) is 6.53. The predicted octanol–water partition coefficient (Wildman–Crippen LogP) is 0.717. The molecule has 1 radical (unpaired) electrons. The maximum atomic E-state index is 9.71. The van der Waals surface area contributed by atoms with Crippen LogP contribution >= 0.6 is 0 Å². The molecule has 1 rings (SSSR count). The van der Waals surface area contributed by atoms with E-state index in [1.165, 1.54) is 0 Å². The zero-order valence-corrected chi connectivity index (χ0v) is 4.83. The van der Waals surface area contributed by atoms with Gasteiger partial charge in [-0.15, -0.1) is 0 Å². The van der Waals surface area contributed by atoms with E-state index >= 15 is 0 Å². The number of hydrogen-bond acceptors (Lipinski definition) is 3. The Kier molecular flexibility index (Phi) is 2.01. The van der Waals surface area contributed by atoms with Gasteiger partial charge in [-0.3, -0.25) is 4.79 Å². The molecule has 3 nitrogen and oxygen atoms in total. The summed E-state index contributed by atoms with van der Waals surface area (Å²) in [5.74, 6) is 0.735. The lowest BCUT2D eigenvalue weighted by molar-refractivity contribution is 0.384. The van der Waals surface area contributed by atoms with Crippen LogP contribution in [0.4, 0.5) is 0 Å². The summed E-state index contributed by atoms with van der Waals surface area (Å²) in [4.78, 5) is 9.71. The van der Waals surface area contributed by atoms with Crippen LogP contribution in [-0.2, 0) is 11.2 Å². The van der Waals surface area contributed by atoms with Crippen LogP contribution in [0.5, 0.6) is 0 Å². The van der Waals surface area contributed by atoms with Gasteiger partial charge in [-0.2, -0.15) is 0 Å². The van der Waals surface area contributed by atoms with E-state index in [4.69, 9.17) is 4.52 Å². The van der Waals surface area contributed by atoms with E-state index < -0.39 is 0 Å². The van der Waals surface area contributed by atoms with Gasteiger partial charge in [0.05, 0.1) is 6.20 Å². The summed E-state index contributed by atoms with van der Waals surface area (Å²) in [5, 5.41) is 3.47. The molecule has 0 saturated heterocycles. The summed E-state index contributed by atoms with van der Waals surface area (Å²) in [6, 6.07) is 1.73. The maximum absolute atomic E-state index is 9.71. The van der Waals surface area contributed by atoms with Crippen molar-refractivity contribution >= 4 is 6.29 Å². The molecule has 0 unspecified atom stereocenters. The van der Waals surface area contributed by atoms with Crippen molar-refractivity contribution < 1.29 is 9.32 Å². The number of carbonyl (C=O) groups excluding carboxylic acids is 1. The van der Waals surface area contributed by atoms with Gasteiger partial charge in [0.1, 0.15) is 5.76 Å². The average molecular weight is 124 g/mol. The molecule has 0 atom stereocenters. The second-order valence-electron chi connectivity index (χ2n) is 1.62. The number of hydrogen-bond donors (Lipinski definition) is 0. The Morgan fingerprint density at radius 3 is 3.22 bits per heavy atom. The molecule has 0 spiro atoms. The molecule has 0 aliphatic heterocycles. The molecular weight excluding hydrogens is 118 g/mol. The first-order valence-corrected chi connectivity index (χ1v) is 2.68. The van der Waals surface area contributed by atoms with E-state index in [0.717, 1.165) is 5.76 Å². The van der Waals surface area contributed by atoms with Crippen LogP contribution in [0.15, 0.2) is 16.8 Å². The highest BCUT2D eigenvalue weighted by molar-refractivity contribution is 5.50. The molecule has 0 amide bonds. The van der Waals surface area contributed by atoms with Crippen molar-refractivity contribution in [3.63, 3.8) is 0 Å². The fourth-order valence-corrected chi connectivity index (χ4v) is 0.545. The first-order chi connectivity index (χ1) is 4.43. The normalized spacial score (nSPS) is 9.33. The molecule has 0 aliphatic rings. The van der Waals surface area contributed by atoms with Gasteiger partial charge < -0.3 is 4.52 Å². The Bertz CT molecular complexity index is 169. The smallest absolute Gasteiger partial charge is 0.198 e. The maximum Gasteiger partial charge on any atom is 0.198 e. The van der Waals surface area contributed by atoms with Crippen LogP contribution < -0.4 is 0 Å². The van der Waals surface area contributed by atoms with Crippen molar-refractivity contribution in [3.05, 3.63) is 18.0 Å². The average Bonchev–Trinajstić information content (AvgIpc) is 2.34. The van der Waals surface area contributed by atoms with Crippen molar-refractivity contribution in [3.8, 4) is 0 Å². The van der Waals surface area contributed by atoms with Crippen molar-refractivity contribution in [1.29, 1.82) is 0 Å². The van der Waals surface area contributed by atoms with Crippen LogP contribution in [0.2, 0.25) is 0 Å². The van der Waals surface area contributed by atoms with Gasteiger partial charge >= 0.3 is 0 Å². The van der Waals surface area contributed by atoms with Gasteiger partial charge in [-0.05, 0) is 0 Å². The van der Waals surface area contributed by atoms with Crippen molar-refractivity contribution in [2.24, 2.45) is 0 Å². The van der Waals surface area contributed by atoms with Crippen LogP contribution in [-0.4, -0.2) is 11.4 Å². The molecule has 1 aromatic rings. The van der Waals surface area contributed by atoms with Gasteiger partial charge in [0.15, 0.2) is 6.29 Å². The quantitative estimate of drug-likeness (QED) is 0.596. The van der Waals surface area contributed by atoms with Gasteiger partial charge in [-0.1, -0.05) is 5.16 Å². The van der Waals surface area contributed by atoms with Crippen molar-refractivity contribution in [2.75, 3.05) is 0 Å². The summed E-state index contributed by atoms with van der Waals surface area (Å²) in [5.41, 5.74) is 0. The first-order valence-electron chi connectivity index (χ1n) is 2.68. The fourth-order valence-electron chi connectivity index (χ4n) is 0.545. The molecule has 1 aromatic heterocycles. The highest BCUT2D eigenvalue weighted by atomic mass is 16.5. The Morgan fingerprint density at radius 1 is 1.78 bits per heavy atom. The highest BCUT2D eigenvalue weighted by Gasteiger charge is 1.93. The third-order valence-corrected chi connectivity index (χ3v) is 0.965. The molecular formula is C6H6NO2. The third-order valence-electron chi connectivity index (χ3n) is 0.965. The Balaban J connectivity index is 2.38. The van der Waals surface area contributed by atoms with Gasteiger partial charge in [0.2, 0.25) is 0 Å². The minimum Gasteiger partial charge on any atom is -0.361 e. The number of nitrogens with zero attached hydrogens (tertiary/aromatic N) is 1. The van der Waals surface area contributed by atoms with E-state index in [1.54, 1.807) is 18.5 Å². The zero-order valence-electron chi connectivity index (χ0n) is 4.83. The summed E-state index contributed by atoms with van der Waals surface area (Å²) < 4.78 is 4.71. The summed E-state index contributed by atoms with van der Waals surface area (Å²) >= 11 is 0. The summed E-state index contributed by atoms with van der Waals surface area (Å²) in [7, 11) is 0. The van der Waals surface area contributed by atoms with E-state index in [0.29, 0.717) is 12.8 Å². The van der Waals surface area contributed by atoms with E-state index in [1.807, 2.05) is 0 Å². The highest BCUT2D eigenvalue weighted by Crippen LogP contribution is 1.98. The monoisotopic (exact) mass is 124 g/mol. The first kappa shape index (κ1) is 6.01. The molecule has 0 fully saturated rings. The second-order valence-corrected chi connectivity index (χ2v) is 1.62. The predicted molar refractivity (Wildman–Crippen MR) is 30.5 cm³/mol. The van der Waals surface area contributed by atoms with Crippen LogP contribution in [0, 0.1) is 0 Å². The fraction of sp³-hybridized carbons (Fsp3) is 0.333. The van der Waals surface area contributed by atoms with Crippen LogP contribution in [0.25, 0.3) is 0 Å². The van der Waals surface area contributed by atoms with Crippen LogP contribution in [0.3, 0.4) is 0 Å². The lowest BCUT2D eigenvalue weighted by Gasteiger charge is -1.82. The molecule has 1 heterocycles. The summed E-state index contributed by atoms with van der Waals surface area (Å²) in [6.45, 7) is 0. The molecule has 47 valence electrons. The Morgan fingerprint density at radius 2 is 2.67 bits per heavy atom. The van der Waals surface area contributed by atoms with Crippen molar-refractivity contribution in [1.82, 2.24) is 5.16 Å². The topological polar surface area (TPSA) is 43.1 Å². The van der Waals surface area contributed by atoms with Gasteiger partial charge in [-0.25, -0.2) is 0 Å². The van der Waals surface area contributed by atoms with E-state index in [9.17, 15) is 4.79 Å². The molecule has 3 heteroatoms. The minimum absolute atomic E-state index is 0.384. The molecule has 0 saturated carbocycles. The minimum atomic E-state index is 0.384. The molecule has 0 N–H and O–H groups in total. The van der Waals surface area contributed by atoms with E-state index in [-0.39, 0.29) is 0 Å². The third kappa shape index (κ3) is 1.68. The van der Waals surface area contributed by atoms with Crippen LogP contribution in [0.1, 0.15) is 12.2 Å². The second kappa shape index (κ2) is 3.02. The van der Waals surface area contributed by atoms with Gasteiger partial charge in [0, 0.05) is 18.9 Å². The number of aromatic nitrogens is 1. The standard InChI is InChI=1S/C6H6NO2/c8-5-1-2-6-3-4-7-9-6/h3-4H,1-2H2. The lowest BCUT2D eigenvalue weighted by atomic mass is 10.3. The Labute approximate surface area is 52.7 Å². The molecule has 9 heavy (non-hydrogen) atoms. The van der Waals surface area contributed by atoms with E-state index in [2.05, 4.69) is 5.16 Å². The number of aryl methyl sites for hydroxylation is 1. The van der Waals surface area contributed by atoms with Crippen molar-refractivity contribution in [2.45, 2.75) is 12.8 Å². The number of rotatable bonds is 3. The molecule has 0 bridgehead atoms. The van der Waals surface area contributed by atoms with Gasteiger partial charge in [0.25, 0.3) is 0 Å². The molecule has 0 aromatic carbocycles. The Hall–Kier alpha value is -1.12.